The first-order valence-corrected chi connectivity index (χ1v) is 9.18. The molecule has 128 valence electrons. The third kappa shape index (κ3) is 3.56. The quantitative estimate of drug-likeness (QED) is 0.794. The Hall–Kier alpha value is -2.02. The van der Waals surface area contributed by atoms with E-state index >= 15 is 0 Å². The molecule has 2 fully saturated rings. The van der Waals surface area contributed by atoms with Gasteiger partial charge in [0.25, 0.3) is 0 Å². The Morgan fingerprint density at radius 3 is 2.50 bits per heavy atom. The number of rotatable bonds is 6. The molecule has 1 aliphatic heterocycles. The van der Waals surface area contributed by atoms with Gasteiger partial charge in [0.15, 0.2) is 0 Å². The van der Waals surface area contributed by atoms with Crippen LogP contribution < -0.4 is 4.90 Å². The van der Waals surface area contributed by atoms with E-state index in [-0.39, 0.29) is 30.8 Å². The summed E-state index contributed by atoms with van der Waals surface area (Å²) in [5, 5.41) is 9.01. The summed E-state index contributed by atoms with van der Waals surface area (Å²) in [7, 11) is 0. The van der Waals surface area contributed by atoms with Crippen LogP contribution in [0.5, 0.6) is 0 Å². The second-order valence-electron chi connectivity index (χ2n) is 6.19. The SMILES string of the molecule is CSc1ccc(N2CC(C(=O)N(CC(=O)O)C3CC3)CC2=O)cc1. The number of aliphatic carboxylic acids is 1. The minimum atomic E-state index is -1.01. The second-order valence-corrected chi connectivity index (χ2v) is 7.07. The molecule has 1 saturated carbocycles. The van der Waals surface area contributed by atoms with Crippen LogP contribution in [0.25, 0.3) is 0 Å². The van der Waals surface area contributed by atoms with Gasteiger partial charge in [0.1, 0.15) is 6.54 Å². The zero-order valence-electron chi connectivity index (χ0n) is 13.5. The van der Waals surface area contributed by atoms with Crippen LogP contribution in [-0.2, 0) is 14.4 Å². The topological polar surface area (TPSA) is 77.9 Å². The number of anilines is 1. The zero-order valence-corrected chi connectivity index (χ0v) is 14.3. The first-order chi connectivity index (χ1) is 11.5. The molecule has 1 aromatic rings. The number of nitrogens with zero attached hydrogens (tertiary/aromatic N) is 2. The Balaban J connectivity index is 1.70. The molecule has 7 heteroatoms. The molecule has 1 atom stereocenters. The molecule has 3 rings (SSSR count). The van der Waals surface area contributed by atoms with Gasteiger partial charge in [-0.05, 0) is 43.4 Å². The number of carboxylic acids is 1. The highest BCUT2D eigenvalue weighted by molar-refractivity contribution is 7.98. The lowest BCUT2D eigenvalue weighted by molar-refractivity contribution is -0.146. The summed E-state index contributed by atoms with van der Waals surface area (Å²) in [6, 6.07) is 7.68. The Morgan fingerprint density at radius 2 is 1.96 bits per heavy atom. The molecule has 24 heavy (non-hydrogen) atoms. The van der Waals surface area contributed by atoms with E-state index in [1.165, 1.54) is 4.90 Å². The number of carbonyl (C=O) groups excluding carboxylic acids is 2. The van der Waals surface area contributed by atoms with Gasteiger partial charge in [-0.2, -0.15) is 0 Å². The van der Waals surface area contributed by atoms with Crippen molar-refractivity contribution in [1.29, 1.82) is 0 Å². The molecule has 2 aliphatic rings. The summed E-state index contributed by atoms with van der Waals surface area (Å²) in [6.07, 6.45) is 3.82. The Kier molecular flexibility index (Phi) is 4.80. The Bertz CT molecular complexity index is 657. The molecule has 0 spiro atoms. The van der Waals surface area contributed by atoms with Crippen molar-refractivity contribution in [1.82, 2.24) is 4.90 Å². The third-order valence-electron chi connectivity index (χ3n) is 4.43. The van der Waals surface area contributed by atoms with Crippen molar-refractivity contribution < 1.29 is 19.5 Å². The Labute approximate surface area is 144 Å². The highest BCUT2D eigenvalue weighted by Crippen LogP contribution is 2.32. The van der Waals surface area contributed by atoms with E-state index in [0.29, 0.717) is 6.54 Å². The average molecular weight is 348 g/mol. The highest BCUT2D eigenvalue weighted by Gasteiger charge is 2.42. The van der Waals surface area contributed by atoms with Crippen molar-refractivity contribution in [2.45, 2.75) is 30.2 Å². The van der Waals surface area contributed by atoms with Gasteiger partial charge in [-0.1, -0.05) is 0 Å². The normalized spacial score (nSPS) is 20.3. The van der Waals surface area contributed by atoms with Gasteiger partial charge in [0, 0.05) is 29.6 Å². The van der Waals surface area contributed by atoms with E-state index in [2.05, 4.69) is 0 Å². The number of carboxylic acid groups (broad SMARTS) is 1. The van der Waals surface area contributed by atoms with E-state index in [0.717, 1.165) is 23.4 Å². The van der Waals surface area contributed by atoms with Gasteiger partial charge in [-0.15, -0.1) is 11.8 Å². The van der Waals surface area contributed by atoms with E-state index in [1.54, 1.807) is 16.7 Å². The summed E-state index contributed by atoms with van der Waals surface area (Å²) in [5.74, 6) is -1.77. The third-order valence-corrected chi connectivity index (χ3v) is 5.18. The largest absolute Gasteiger partial charge is 0.480 e. The predicted octanol–water partition coefficient (Wildman–Crippen LogP) is 1.84. The lowest BCUT2D eigenvalue weighted by atomic mass is 10.1. The van der Waals surface area contributed by atoms with Crippen LogP contribution in [-0.4, -0.2) is 53.2 Å². The van der Waals surface area contributed by atoms with Gasteiger partial charge in [0.2, 0.25) is 11.8 Å². The molecule has 0 radical (unpaired) electrons. The van der Waals surface area contributed by atoms with Crippen LogP contribution >= 0.6 is 11.8 Å². The number of amides is 2. The van der Waals surface area contributed by atoms with Gasteiger partial charge in [-0.25, -0.2) is 0 Å². The zero-order chi connectivity index (χ0) is 17.3. The molecule has 1 aliphatic carbocycles. The van der Waals surface area contributed by atoms with Crippen LogP contribution in [0.3, 0.4) is 0 Å². The average Bonchev–Trinajstić information content (AvgIpc) is 3.34. The minimum Gasteiger partial charge on any atom is -0.480 e. The number of benzene rings is 1. The molecular formula is C17H20N2O4S. The van der Waals surface area contributed by atoms with Gasteiger partial charge in [-0.3, -0.25) is 14.4 Å². The summed E-state index contributed by atoms with van der Waals surface area (Å²) in [6.45, 7) is 0.0374. The van der Waals surface area contributed by atoms with Crippen molar-refractivity contribution in [2.24, 2.45) is 5.92 Å². The maximum Gasteiger partial charge on any atom is 0.323 e. The molecule has 1 unspecified atom stereocenters. The molecule has 1 saturated heterocycles. The number of hydrogen-bond donors (Lipinski definition) is 1. The number of hydrogen-bond acceptors (Lipinski definition) is 4. The minimum absolute atomic E-state index is 0.0265. The summed E-state index contributed by atoms with van der Waals surface area (Å²) >= 11 is 1.63. The Morgan fingerprint density at radius 1 is 1.29 bits per heavy atom. The van der Waals surface area contributed by atoms with Gasteiger partial charge < -0.3 is 14.9 Å². The maximum atomic E-state index is 12.7. The molecular weight excluding hydrogens is 328 g/mol. The van der Waals surface area contributed by atoms with Crippen LogP contribution in [0.2, 0.25) is 0 Å². The van der Waals surface area contributed by atoms with Crippen molar-refractivity contribution in [2.75, 3.05) is 24.2 Å². The molecule has 0 bridgehead atoms. The first-order valence-electron chi connectivity index (χ1n) is 7.96. The molecule has 1 N–H and O–H groups in total. The molecule has 1 aromatic carbocycles. The fraction of sp³-hybridized carbons (Fsp3) is 0.471. The highest BCUT2D eigenvalue weighted by atomic mass is 32.2. The van der Waals surface area contributed by atoms with E-state index in [1.807, 2.05) is 30.5 Å². The lowest BCUT2D eigenvalue weighted by Gasteiger charge is -2.24. The summed E-state index contributed by atoms with van der Waals surface area (Å²) in [5.41, 5.74) is 0.782. The van der Waals surface area contributed by atoms with Crippen molar-refractivity contribution in [3.63, 3.8) is 0 Å². The fourth-order valence-corrected chi connectivity index (χ4v) is 3.45. The van der Waals surface area contributed by atoms with E-state index in [9.17, 15) is 14.4 Å². The van der Waals surface area contributed by atoms with Crippen molar-refractivity contribution >= 4 is 35.2 Å². The second kappa shape index (κ2) is 6.84. The summed E-state index contributed by atoms with van der Waals surface area (Å²) < 4.78 is 0. The molecule has 6 nitrogen and oxygen atoms in total. The summed E-state index contributed by atoms with van der Waals surface area (Å²) in [4.78, 5) is 40.1. The molecule has 0 aromatic heterocycles. The van der Waals surface area contributed by atoms with Crippen molar-refractivity contribution in [3.8, 4) is 0 Å². The smallest absolute Gasteiger partial charge is 0.323 e. The van der Waals surface area contributed by atoms with Crippen LogP contribution in [0.4, 0.5) is 5.69 Å². The molecule has 1 heterocycles. The number of carbonyl (C=O) groups is 3. The van der Waals surface area contributed by atoms with Gasteiger partial charge >= 0.3 is 5.97 Å². The van der Waals surface area contributed by atoms with E-state index < -0.39 is 11.9 Å². The van der Waals surface area contributed by atoms with E-state index in [4.69, 9.17) is 5.11 Å². The van der Waals surface area contributed by atoms with Crippen LogP contribution in [0, 0.1) is 5.92 Å². The lowest BCUT2D eigenvalue weighted by Crippen LogP contribution is -2.42. The van der Waals surface area contributed by atoms with Crippen LogP contribution in [0.1, 0.15) is 19.3 Å². The van der Waals surface area contributed by atoms with Gasteiger partial charge in [0.05, 0.1) is 5.92 Å². The first kappa shape index (κ1) is 16.8. The standard InChI is InChI=1S/C17H20N2O4S/c1-24-14-6-4-12(5-7-14)18-9-11(8-15(18)20)17(23)19(10-16(21)22)13-2-3-13/h4-7,11,13H,2-3,8-10H2,1H3,(H,21,22). The van der Waals surface area contributed by atoms with Crippen molar-refractivity contribution in [3.05, 3.63) is 24.3 Å². The van der Waals surface area contributed by atoms with Crippen LogP contribution in [0.15, 0.2) is 29.2 Å². The molecule has 2 amide bonds. The predicted molar refractivity (Wildman–Crippen MR) is 91.1 cm³/mol. The number of thioether (sulfide) groups is 1. The fourth-order valence-electron chi connectivity index (χ4n) is 3.04. The maximum absolute atomic E-state index is 12.7. The monoisotopic (exact) mass is 348 g/mol.